The molecular weight excluding hydrogens is 172 g/mol. The second kappa shape index (κ2) is 8.67. The Labute approximate surface area is 78.4 Å². The van der Waals surface area contributed by atoms with Crippen LogP contribution in [0, 0.1) is 0 Å². The number of thioether (sulfide) groups is 1. The molecule has 4 N–H and O–H groups in total. The first-order chi connectivity index (χ1) is 5.85. The molecule has 5 heteroatoms. The van der Waals surface area contributed by atoms with Crippen LogP contribution in [0.2, 0.25) is 0 Å². The second-order valence-electron chi connectivity index (χ2n) is 2.29. The molecule has 0 amide bonds. The van der Waals surface area contributed by atoms with E-state index in [1.807, 2.05) is 0 Å². The lowest BCUT2D eigenvalue weighted by atomic mass is 10.5. The molecule has 0 bridgehead atoms. The van der Waals surface area contributed by atoms with E-state index in [0.29, 0.717) is 5.96 Å². The first-order valence-corrected chi connectivity index (χ1v) is 5.48. The number of guanidine groups is 1. The van der Waals surface area contributed by atoms with Crippen LogP contribution in [0.4, 0.5) is 0 Å². The quantitative estimate of drug-likeness (QED) is 0.190. The van der Waals surface area contributed by atoms with E-state index in [1.165, 1.54) is 0 Å². The van der Waals surface area contributed by atoms with Crippen LogP contribution in [0.1, 0.15) is 13.3 Å². The Kier molecular flexibility index (Phi) is 8.37. The largest absolute Gasteiger partial charge is 0.355 e. The van der Waals surface area contributed by atoms with Crippen LogP contribution in [-0.4, -0.2) is 31.1 Å². The van der Waals surface area contributed by atoms with Crippen LogP contribution in [0.5, 0.6) is 0 Å². The maximum Gasteiger partial charge on any atom is 0.205 e. The summed E-state index contributed by atoms with van der Waals surface area (Å²) in [6.45, 7) is 3.79. The number of hydrogen-bond acceptors (Lipinski definition) is 3. The fourth-order valence-corrected chi connectivity index (χ4v) is 0.954. The standard InChI is InChI=1S/C7H18N4S/c1-3-4-9-7(11-8)10-5-6-12-2/h3-6,8H2,1-2H3,(H2,9,10,11). The smallest absolute Gasteiger partial charge is 0.205 e. The number of nitrogens with one attached hydrogen (secondary N) is 2. The Morgan fingerprint density at radius 2 is 2.33 bits per heavy atom. The van der Waals surface area contributed by atoms with Crippen LogP contribution < -0.4 is 16.6 Å². The minimum Gasteiger partial charge on any atom is -0.355 e. The molecule has 0 aliphatic rings. The zero-order valence-electron chi connectivity index (χ0n) is 7.76. The van der Waals surface area contributed by atoms with Gasteiger partial charge in [-0.3, -0.25) is 10.4 Å². The van der Waals surface area contributed by atoms with Gasteiger partial charge in [-0.2, -0.15) is 11.8 Å². The Bertz CT molecular complexity index is 127. The van der Waals surface area contributed by atoms with Gasteiger partial charge in [0.25, 0.3) is 0 Å². The average molecular weight is 190 g/mol. The summed E-state index contributed by atoms with van der Waals surface area (Å²) in [5.41, 5.74) is 2.53. The van der Waals surface area contributed by atoms with Gasteiger partial charge in [0.05, 0.1) is 0 Å². The van der Waals surface area contributed by atoms with Crippen molar-refractivity contribution in [1.82, 2.24) is 10.7 Å². The van der Waals surface area contributed by atoms with Gasteiger partial charge < -0.3 is 5.32 Å². The highest BCUT2D eigenvalue weighted by atomic mass is 32.2. The zero-order valence-corrected chi connectivity index (χ0v) is 8.58. The Morgan fingerprint density at radius 1 is 1.58 bits per heavy atom. The fourth-order valence-electron chi connectivity index (χ4n) is 0.648. The highest BCUT2D eigenvalue weighted by Crippen LogP contribution is 1.86. The minimum absolute atomic E-state index is 0.686. The van der Waals surface area contributed by atoms with E-state index in [9.17, 15) is 0 Å². The molecule has 72 valence electrons. The van der Waals surface area contributed by atoms with Crippen LogP contribution in [0.25, 0.3) is 0 Å². The first-order valence-electron chi connectivity index (χ1n) is 4.09. The van der Waals surface area contributed by atoms with E-state index in [-0.39, 0.29) is 0 Å². The van der Waals surface area contributed by atoms with E-state index in [4.69, 9.17) is 5.84 Å². The molecule has 4 nitrogen and oxygen atoms in total. The molecule has 0 aromatic rings. The summed E-state index contributed by atoms with van der Waals surface area (Å²) >= 11 is 1.79. The predicted octanol–water partition coefficient (Wildman–Crippen LogP) is 0.168. The van der Waals surface area contributed by atoms with E-state index in [1.54, 1.807) is 11.8 Å². The molecule has 0 saturated carbocycles. The summed E-state index contributed by atoms with van der Waals surface area (Å²) in [4.78, 5) is 4.19. The lowest BCUT2D eigenvalue weighted by Crippen LogP contribution is -2.42. The zero-order chi connectivity index (χ0) is 9.23. The Hall–Kier alpha value is -0.420. The van der Waals surface area contributed by atoms with E-state index in [0.717, 1.165) is 25.3 Å². The molecule has 0 saturated heterocycles. The highest BCUT2D eigenvalue weighted by molar-refractivity contribution is 7.98. The van der Waals surface area contributed by atoms with Gasteiger partial charge in [-0.1, -0.05) is 6.92 Å². The number of rotatable bonds is 5. The van der Waals surface area contributed by atoms with Crippen molar-refractivity contribution in [2.45, 2.75) is 13.3 Å². The minimum atomic E-state index is 0.686. The molecule has 0 aromatic heterocycles. The molecule has 0 radical (unpaired) electrons. The molecule has 0 unspecified atom stereocenters. The highest BCUT2D eigenvalue weighted by Gasteiger charge is 1.92. The summed E-state index contributed by atoms with van der Waals surface area (Å²) in [6.07, 6.45) is 3.11. The van der Waals surface area contributed by atoms with Crippen molar-refractivity contribution in [1.29, 1.82) is 0 Å². The van der Waals surface area contributed by atoms with Crippen LogP contribution in [0.3, 0.4) is 0 Å². The molecule has 0 fully saturated rings. The Balaban J connectivity index is 3.52. The average Bonchev–Trinajstić information content (AvgIpc) is 2.11. The van der Waals surface area contributed by atoms with Crippen molar-refractivity contribution in [3.63, 3.8) is 0 Å². The normalized spacial score (nSPS) is 11.4. The molecule has 0 aliphatic heterocycles. The number of hydrogen-bond donors (Lipinski definition) is 3. The molecule has 0 spiro atoms. The van der Waals surface area contributed by atoms with Crippen LogP contribution in [0.15, 0.2) is 4.99 Å². The molecule has 12 heavy (non-hydrogen) atoms. The summed E-state index contributed by atoms with van der Waals surface area (Å²) in [6, 6.07) is 0. The van der Waals surface area contributed by atoms with Crippen molar-refractivity contribution in [3.05, 3.63) is 0 Å². The van der Waals surface area contributed by atoms with Gasteiger partial charge in [0.15, 0.2) is 0 Å². The molecule has 0 rings (SSSR count). The molecular formula is C7H18N4S. The first kappa shape index (κ1) is 11.6. The predicted molar refractivity (Wildman–Crippen MR) is 56.3 cm³/mol. The molecule has 0 atom stereocenters. The van der Waals surface area contributed by atoms with Crippen molar-refractivity contribution in [3.8, 4) is 0 Å². The van der Waals surface area contributed by atoms with Crippen molar-refractivity contribution >= 4 is 17.7 Å². The number of nitrogens with two attached hydrogens (primary N) is 1. The number of hydrazine groups is 1. The van der Waals surface area contributed by atoms with Crippen LogP contribution >= 0.6 is 11.8 Å². The van der Waals surface area contributed by atoms with Gasteiger partial charge >= 0.3 is 0 Å². The van der Waals surface area contributed by atoms with Gasteiger partial charge in [-0.25, -0.2) is 5.84 Å². The third-order valence-corrected chi connectivity index (χ3v) is 1.84. The summed E-state index contributed by atoms with van der Waals surface area (Å²) in [5, 5.41) is 3.10. The number of aliphatic imine (C=N–C) groups is 1. The van der Waals surface area contributed by atoms with Gasteiger partial charge in [0.2, 0.25) is 5.96 Å². The van der Waals surface area contributed by atoms with Crippen LogP contribution in [-0.2, 0) is 0 Å². The number of nitrogens with zero attached hydrogens (tertiary/aromatic N) is 1. The maximum absolute atomic E-state index is 5.25. The van der Waals surface area contributed by atoms with Crippen molar-refractivity contribution < 1.29 is 0 Å². The lowest BCUT2D eigenvalue weighted by molar-refractivity contribution is 0.840. The fraction of sp³-hybridized carbons (Fsp3) is 0.857. The van der Waals surface area contributed by atoms with Gasteiger partial charge in [-0.05, 0) is 12.7 Å². The molecule has 0 aliphatic carbocycles. The van der Waals surface area contributed by atoms with E-state index < -0.39 is 0 Å². The topological polar surface area (TPSA) is 62.4 Å². The molecule has 0 aromatic carbocycles. The van der Waals surface area contributed by atoms with Gasteiger partial charge in [0.1, 0.15) is 0 Å². The Morgan fingerprint density at radius 3 is 2.83 bits per heavy atom. The maximum atomic E-state index is 5.25. The van der Waals surface area contributed by atoms with Gasteiger partial charge in [0, 0.05) is 18.8 Å². The summed E-state index contributed by atoms with van der Waals surface area (Å²) < 4.78 is 0. The summed E-state index contributed by atoms with van der Waals surface area (Å²) in [5.74, 6) is 6.99. The SMILES string of the molecule is CCCN=C(NN)NCCSC. The monoisotopic (exact) mass is 190 g/mol. The van der Waals surface area contributed by atoms with Gasteiger partial charge in [-0.15, -0.1) is 0 Å². The van der Waals surface area contributed by atoms with E-state index >= 15 is 0 Å². The van der Waals surface area contributed by atoms with E-state index in [2.05, 4.69) is 28.9 Å². The van der Waals surface area contributed by atoms with Crippen molar-refractivity contribution in [2.24, 2.45) is 10.8 Å². The third-order valence-electron chi connectivity index (χ3n) is 1.23. The molecule has 0 heterocycles. The second-order valence-corrected chi connectivity index (χ2v) is 3.28. The summed E-state index contributed by atoms with van der Waals surface area (Å²) in [7, 11) is 0. The van der Waals surface area contributed by atoms with Crippen molar-refractivity contribution in [2.75, 3.05) is 25.1 Å². The third kappa shape index (κ3) is 6.30. The lowest BCUT2D eigenvalue weighted by Gasteiger charge is -2.07.